The second-order valence-electron chi connectivity index (χ2n) is 9.24. The molecule has 0 bridgehead atoms. The number of benzene rings is 2. The minimum absolute atomic E-state index is 0.00243. The zero-order valence-corrected chi connectivity index (χ0v) is 21.4. The van der Waals surface area contributed by atoms with Crippen LogP contribution in [0.4, 0.5) is 4.39 Å². The Morgan fingerprint density at radius 3 is 2.38 bits per heavy atom. The first-order valence-electron chi connectivity index (χ1n) is 12.6. The van der Waals surface area contributed by atoms with Gasteiger partial charge in [-0.05, 0) is 67.5 Å². The summed E-state index contributed by atoms with van der Waals surface area (Å²) in [6.45, 7) is 3.26. The van der Waals surface area contributed by atoms with Crippen molar-refractivity contribution in [1.29, 1.82) is 0 Å². The number of piperidine rings is 1. The van der Waals surface area contributed by atoms with E-state index in [4.69, 9.17) is 9.47 Å². The smallest absolute Gasteiger partial charge is 0.326 e. The van der Waals surface area contributed by atoms with Crippen molar-refractivity contribution in [1.82, 2.24) is 10.2 Å². The van der Waals surface area contributed by atoms with Gasteiger partial charge < -0.3 is 24.8 Å². The van der Waals surface area contributed by atoms with Crippen LogP contribution < -0.4 is 14.8 Å². The number of hydrogen-bond donors (Lipinski definition) is 2. The fourth-order valence-corrected chi connectivity index (χ4v) is 4.48. The van der Waals surface area contributed by atoms with Crippen molar-refractivity contribution in [3.8, 4) is 11.5 Å². The Morgan fingerprint density at radius 1 is 1.11 bits per heavy atom. The molecule has 8 nitrogen and oxygen atoms in total. The molecule has 0 spiro atoms. The minimum atomic E-state index is -1.09. The van der Waals surface area contributed by atoms with Gasteiger partial charge in [-0.2, -0.15) is 0 Å². The second-order valence-corrected chi connectivity index (χ2v) is 9.24. The molecule has 37 heavy (non-hydrogen) atoms. The number of hydrogen-bond acceptors (Lipinski definition) is 5. The lowest BCUT2D eigenvalue weighted by Gasteiger charge is -2.32. The number of carbonyl (C=O) groups is 3. The predicted octanol–water partition coefficient (Wildman–Crippen LogP) is 3.61. The van der Waals surface area contributed by atoms with E-state index in [1.54, 1.807) is 55.3 Å². The molecule has 2 amide bonds. The van der Waals surface area contributed by atoms with Crippen molar-refractivity contribution in [2.24, 2.45) is 5.92 Å². The predicted molar refractivity (Wildman–Crippen MR) is 136 cm³/mol. The van der Waals surface area contributed by atoms with Gasteiger partial charge in [-0.15, -0.1) is 0 Å². The van der Waals surface area contributed by atoms with Gasteiger partial charge in [0.15, 0.2) is 11.6 Å². The fourth-order valence-electron chi connectivity index (χ4n) is 4.48. The third kappa shape index (κ3) is 8.48. The molecule has 0 saturated carbocycles. The summed E-state index contributed by atoms with van der Waals surface area (Å²) in [7, 11) is 1.56. The van der Waals surface area contributed by atoms with Crippen LogP contribution in [0.1, 0.15) is 43.7 Å². The molecule has 0 unspecified atom stereocenters. The maximum Gasteiger partial charge on any atom is 0.326 e. The number of carbonyl (C=O) groups excluding carboxylic acids is 2. The van der Waals surface area contributed by atoms with E-state index in [2.05, 4.69) is 5.32 Å². The van der Waals surface area contributed by atoms with E-state index in [9.17, 15) is 23.9 Å². The van der Waals surface area contributed by atoms with Crippen molar-refractivity contribution in [2.75, 3.05) is 26.8 Å². The summed E-state index contributed by atoms with van der Waals surface area (Å²) in [5, 5.41) is 12.2. The quantitative estimate of drug-likeness (QED) is 0.448. The number of rotatable bonds is 12. The largest absolute Gasteiger partial charge is 0.497 e. The van der Waals surface area contributed by atoms with Gasteiger partial charge in [0, 0.05) is 32.4 Å². The zero-order valence-electron chi connectivity index (χ0n) is 21.4. The summed E-state index contributed by atoms with van der Waals surface area (Å²) in [6.07, 6.45) is 2.47. The first kappa shape index (κ1) is 28.0. The Morgan fingerprint density at radius 2 is 1.78 bits per heavy atom. The number of nitrogens with zero attached hydrogens (tertiary/aromatic N) is 1. The normalized spacial score (nSPS) is 14.6. The highest BCUT2D eigenvalue weighted by atomic mass is 19.1. The fraction of sp³-hybridized carbons (Fsp3) is 0.464. The average molecular weight is 515 g/mol. The van der Waals surface area contributed by atoms with Crippen molar-refractivity contribution in [3.05, 3.63) is 59.4 Å². The van der Waals surface area contributed by atoms with Crippen LogP contribution in [0.2, 0.25) is 0 Å². The van der Waals surface area contributed by atoms with E-state index in [1.807, 2.05) is 0 Å². The van der Waals surface area contributed by atoms with E-state index in [0.717, 1.165) is 11.1 Å². The lowest BCUT2D eigenvalue weighted by molar-refractivity contribution is -0.142. The molecule has 1 fully saturated rings. The molecule has 0 aromatic heterocycles. The highest BCUT2D eigenvalue weighted by Crippen LogP contribution is 2.23. The molecule has 9 heteroatoms. The number of methoxy groups -OCH3 is 1. The van der Waals surface area contributed by atoms with Gasteiger partial charge in [-0.3, -0.25) is 9.59 Å². The highest BCUT2D eigenvalue weighted by molar-refractivity contribution is 5.84. The molecular formula is C28H35FN2O6. The molecule has 1 atom stereocenters. The Balaban J connectivity index is 1.41. The average Bonchev–Trinajstić information content (AvgIpc) is 2.89. The van der Waals surface area contributed by atoms with Crippen LogP contribution >= 0.6 is 0 Å². The van der Waals surface area contributed by atoms with Gasteiger partial charge in [-0.1, -0.05) is 18.2 Å². The van der Waals surface area contributed by atoms with Gasteiger partial charge in [-0.25, -0.2) is 9.18 Å². The number of carboxylic acid groups (broad SMARTS) is 1. The standard InChI is InChI=1S/C28H35FN2O6/c1-3-37-25-10-6-19(16-23(25)29)7-11-27(33)31-14-12-21(13-15-31)18-26(32)30-24(28(34)35)17-20-4-8-22(36-2)9-5-20/h4-6,8-10,16,21,24H,3,7,11-15,17-18H2,1-2H3,(H,30,32)(H,34,35)/t24-/m0/s1. The molecule has 2 aromatic rings. The number of carboxylic acids is 1. The van der Waals surface area contributed by atoms with Crippen LogP contribution in [0, 0.1) is 11.7 Å². The summed E-state index contributed by atoms with van der Waals surface area (Å²) in [5.41, 5.74) is 1.52. The zero-order chi connectivity index (χ0) is 26.8. The van der Waals surface area contributed by atoms with Gasteiger partial charge in [0.25, 0.3) is 0 Å². The van der Waals surface area contributed by atoms with Crippen LogP contribution in [-0.2, 0) is 27.2 Å². The molecule has 200 valence electrons. The lowest BCUT2D eigenvalue weighted by atomic mass is 9.92. The number of nitrogens with one attached hydrogen (secondary N) is 1. The summed E-state index contributed by atoms with van der Waals surface area (Å²) in [5.74, 6) is -0.851. The Labute approximate surface area is 216 Å². The molecule has 0 radical (unpaired) electrons. The number of aryl methyl sites for hydroxylation is 1. The van der Waals surface area contributed by atoms with E-state index >= 15 is 0 Å². The number of likely N-dealkylation sites (tertiary alicyclic amines) is 1. The Kier molecular flexibility index (Phi) is 10.3. The van der Waals surface area contributed by atoms with Crippen LogP contribution in [0.25, 0.3) is 0 Å². The first-order chi connectivity index (χ1) is 17.8. The van der Waals surface area contributed by atoms with E-state index < -0.39 is 17.8 Å². The summed E-state index contributed by atoms with van der Waals surface area (Å²) < 4.78 is 24.4. The third-order valence-corrected chi connectivity index (χ3v) is 6.60. The van der Waals surface area contributed by atoms with Crippen molar-refractivity contribution >= 4 is 17.8 Å². The van der Waals surface area contributed by atoms with E-state index in [1.165, 1.54) is 6.07 Å². The lowest BCUT2D eigenvalue weighted by Crippen LogP contribution is -2.44. The SMILES string of the molecule is CCOc1ccc(CCC(=O)N2CCC(CC(=O)N[C@@H](Cc3ccc(OC)cc3)C(=O)O)CC2)cc1F. The monoisotopic (exact) mass is 514 g/mol. The highest BCUT2D eigenvalue weighted by Gasteiger charge is 2.26. The maximum atomic E-state index is 14.0. The minimum Gasteiger partial charge on any atom is -0.497 e. The Bertz CT molecular complexity index is 1070. The molecule has 1 aliphatic rings. The maximum absolute atomic E-state index is 14.0. The summed E-state index contributed by atoms with van der Waals surface area (Å²) in [4.78, 5) is 38.7. The van der Waals surface area contributed by atoms with Crippen molar-refractivity contribution in [3.63, 3.8) is 0 Å². The molecule has 1 aliphatic heterocycles. The number of ether oxygens (including phenoxy) is 2. The second kappa shape index (κ2) is 13.6. The van der Waals surface area contributed by atoms with Crippen LogP contribution in [-0.4, -0.2) is 60.6 Å². The molecular weight excluding hydrogens is 479 g/mol. The molecule has 2 N–H and O–H groups in total. The molecule has 1 saturated heterocycles. The van der Waals surface area contributed by atoms with Crippen molar-refractivity contribution in [2.45, 2.75) is 51.5 Å². The molecule has 2 aromatic carbocycles. The Hall–Kier alpha value is -3.62. The molecule has 0 aliphatic carbocycles. The van der Waals surface area contributed by atoms with Crippen LogP contribution in [0.5, 0.6) is 11.5 Å². The summed E-state index contributed by atoms with van der Waals surface area (Å²) in [6, 6.07) is 10.8. The third-order valence-electron chi connectivity index (χ3n) is 6.60. The topological polar surface area (TPSA) is 105 Å². The van der Waals surface area contributed by atoms with Gasteiger partial charge >= 0.3 is 5.97 Å². The van der Waals surface area contributed by atoms with E-state index in [0.29, 0.717) is 44.7 Å². The number of amides is 2. The summed E-state index contributed by atoms with van der Waals surface area (Å²) >= 11 is 0. The van der Waals surface area contributed by atoms with E-state index in [-0.39, 0.29) is 42.7 Å². The number of halogens is 1. The van der Waals surface area contributed by atoms with Crippen LogP contribution in [0.15, 0.2) is 42.5 Å². The van der Waals surface area contributed by atoms with Crippen molar-refractivity contribution < 1.29 is 33.4 Å². The van der Waals surface area contributed by atoms with Crippen LogP contribution in [0.3, 0.4) is 0 Å². The van der Waals surface area contributed by atoms with Gasteiger partial charge in [0.05, 0.1) is 13.7 Å². The molecule has 3 rings (SSSR count). The molecule has 1 heterocycles. The number of aliphatic carboxylic acids is 1. The van der Waals surface area contributed by atoms with Gasteiger partial charge in [0.1, 0.15) is 11.8 Å². The first-order valence-corrected chi connectivity index (χ1v) is 12.6. The van der Waals surface area contributed by atoms with Gasteiger partial charge in [0.2, 0.25) is 11.8 Å².